The molecule has 1 amide bonds. The molecule has 0 unspecified atom stereocenters. The molecule has 0 bridgehead atoms. The van der Waals surface area contributed by atoms with Crippen LogP contribution in [0.15, 0.2) is 24.3 Å². The lowest BCUT2D eigenvalue weighted by molar-refractivity contribution is 0.0886. The molecule has 0 aliphatic heterocycles. The number of hydrazine groups is 1. The van der Waals surface area contributed by atoms with Gasteiger partial charge in [0.25, 0.3) is 5.91 Å². The summed E-state index contributed by atoms with van der Waals surface area (Å²) in [6.45, 7) is 1.38. The highest BCUT2D eigenvalue weighted by molar-refractivity contribution is 14.1. The van der Waals surface area contributed by atoms with Gasteiger partial charge in [-0.25, -0.2) is 0 Å². The van der Waals surface area contributed by atoms with Gasteiger partial charge < -0.3 is 10.1 Å². The van der Waals surface area contributed by atoms with Gasteiger partial charge in [-0.2, -0.15) is 0 Å². The number of benzene rings is 1. The van der Waals surface area contributed by atoms with Crippen molar-refractivity contribution in [2.24, 2.45) is 0 Å². The largest absolute Gasteiger partial charge is 0.385 e. The Labute approximate surface area is 138 Å². The monoisotopic (exact) mass is 407 g/mol. The third-order valence-corrected chi connectivity index (χ3v) is 3.55. The van der Waals surface area contributed by atoms with Crippen LogP contribution in [0.5, 0.6) is 0 Å². The first-order chi connectivity index (χ1) is 9.54. The Kier molecular flexibility index (Phi) is 7.78. The Bertz CT molecular complexity index is 471. The number of ether oxygens (including phenoxy) is 1. The summed E-state index contributed by atoms with van der Waals surface area (Å²) in [6.07, 6.45) is 0.856. The zero-order valence-electron chi connectivity index (χ0n) is 11.5. The van der Waals surface area contributed by atoms with Gasteiger partial charge in [-0.1, -0.05) is 6.07 Å². The highest BCUT2D eigenvalue weighted by Crippen LogP contribution is 2.07. The summed E-state index contributed by atoms with van der Waals surface area (Å²) in [5.74, 6) is -0.188. The van der Waals surface area contributed by atoms with Crippen molar-refractivity contribution in [1.29, 1.82) is 0 Å². The Morgan fingerprint density at radius 3 is 2.90 bits per heavy atom. The first kappa shape index (κ1) is 17.1. The second-order valence-electron chi connectivity index (χ2n) is 4.09. The van der Waals surface area contributed by atoms with Crippen molar-refractivity contribution in [3.05, 3.63) is 33.4 Å². The Balaban J connectivity index is 2.43. The quantitative estimate of drug-likeness (QED) is 0.337. The van der Waals surface area contributed by atoms with E-state index in [0.29, 0.717) is 23.8 Å². The number of thiocarbonyl (C=S) groups is 1. The van der Waals surface area contributed by atoms with E-state index in [-0.39, 0.29) is 5.91 Å². The van der Waals surface area contributed by atoms with Crippen LogP contribution in [0.2, 0.25) is 0 Å². The van der Waals surface area contributed by atoms with Crippen LogP contribution in [0, 0.1) is 3.57 Å². The van der Waals surface area contributed by atoms with Crippen LogP contribution >= 0.6 is 34.8 Å². The normalized spacial score (nSPS) is 9.95. The number of rotatable bonds is 5. The van der Waals surface area contributed by atoms with Gasteiger partial charge in [0.05, 0.1) is 0 Å². The Morgan fingerprint density at radius 2 is 2.25 bits per heavy atom. The minimum atomic E-state index is -0.188. The fraction of sp³-hybridized carbons (Fsp3) is 0.385. The van der Waals surface area contributed by atoms with E-state index in [4.69, 9.17) is 17.0 Å². The van der Waals surface area contributed by atoms with Crippen LogP contribution in [0.4, 0.5) is 0 Å². The van der Waals surface area contributed by atoms with E-state index in [1.165, 1.54) is 5.01 Å². The van der Waals surface area contributed by atoms with Crippen molar-refractivity contribution in [2.45, 2.75) is 6.42 Å². The number of hydrogen-bond acceptors (Lipinski definition) is 3. The molecule has 5 nitrogen and oxygen atoms in total. The molecule has 1 aromatic carbocycles. The summed E-state index contributed by atoms with van der Waals surface area (Å²) >= 11 is 7.35. The first-order valence-electron chi connectivity index (χ1n) is 6.11. The molecule has 7 heteroatoms. The van der Waals surface area contributed by atoms with Crippen LogP contribution in [-0.4, -0.2) is 43.3 Å². The molecular formula is C13H18IN3O2S. The van der Waals surface area contributed by atoms with Crippen LogP contribution in [0.25, 0.3) is 0 Å². The third-order valence-electron chi connectivity index (χ3n) is 2.46. The minimum absolute atomic E-state index is 0.188. The summed E-state index contributed by atoms with van der Waals surface area (Å²) in [5.41, 5.74) is 3.32. The number of nitrogens with one attached hydrogen (secondary N) is 2. The van der Waals surface area contributed by atoms with E-state index >= 15 is 0 Å². The standard InChI is InChI=1S/C13H18IN3O2S/c1-17(13(20)15-7-4-8-19-2)16-12(18)10-5-3-6-11(14)9-10/h3,5-6,9H,4,7-8H2,1-2H3,(H,15,20)(H,16,18). The smallest absolute Gasteiger partial charge is 0.269 e. The molecule has 0 heterocycles. The van der Waals surface area contributed by atoms with Gasteiger partial charge in [0.1, 0.15) is 0 Å². The van der Waals surface area contributed by atoms with Crippen LogP contribution < -0.4 is 10.7 Å². The summed E-state index contributed by atoms with van der Waals surface area (Å²) in [6, 6.07) is 7.36. The molecule has 0 aromatic heterocycles. The number of amides is 1. The maximum absolute atomic E-state index is 12.0. The summed E-state index contributed by atoms with van der Waals surface area (Å²) in [7, 11) is 3.36. The highest BCUT2D eigenvalue weighted by Gasteiger charge is 2.10. The maximum Gasteiger partial charge on any atom is 0.269 e. The molecule has 0 atom stereocenters. The fourth-order valence-corrected chi connectivity index (χ4v) is 2.12. The average Bonchev–Trinajstić information content (AvgIpc) is 2.43. The van der Waals surface area contributed by atoms with E-state index < -0.39 is 0 Å². The van der Waals surface area contributed by atoms with Gasteiger partial charge in [0, 0.05) is 36.4 Å². The van der Waals surface area contributed by atoms with Gasteiger partial charge in [-0.15, -0.1) is 0 Å². The van der Waals surface area contributed by atoms with Crippen molar-refractivity contribution >= 4 is 45.8 Å². The maximum atomic E-state index is 12.0. The van der Waals surface area contributed by atoms with Crippen LogP contribution in [0.3, 0.4) is 0 Å². The van der Waals surface area contributed by atoms with Gasteiger partial charge in [0.15, 0.2) is 5.11 Å². The van der Waals surface area contributed by atoms with E-state index in [2.05, 4.69) is 33.3 Å². The van der Waals surface area contributed by atoms with Crippen LogP contribution in [-0.2, 0) is 4.74 Å². The van der Waals surface area contributed by atoms with Gasteiger partial charge in [-0.05, 0) is 59.4 Å². The molecule has 1 aromatic rings. The van der Waals surface area contributed by atoms with E-state index in [1.807, 2.05) is 18.2 Å². The van der Waals surface area contributed by atoms with Gasteiger partial charge >= 0.3 is 0 Å². The lowest BCUT2D eigenvalue weighted by Crippen LogP contribution is -2.48. The topological polar surface area (TPSA) is 53.6 Å². The van der Waals surface area contributed by atoms with Gasteiger partial charge in [0.2, 0.25) is 0 Å². The van der Waals surface area contributed by atoms with E-state index in [9.17, 15) is 4.79 Å². The van der Waals surface area contributed by atoms with Crippen molar-refractivity contribution in [1.82, 2.24) is 15.8 Å². The lowest BCUT2D eigenvalue weighted by Gasteiger charge is -2.21. The summed E-state index contributed by atoms with van der Waals surface area (Å²) in [4.78, 5) is 12.0. The highest BCUT2D eigenvalue weighted by atomic mass is 127. The second kappa shape index (κ2) is 9.09. The van der Waals surface area contributed by atoms with Crippen molar-refractivity contribution in [3.63, 3.8) is 0 Å². The SMILES string of the molecule is COCCCNC(=S)N(C)NC(=O)c1cccc(I)c1. The number of hydrogen-bond donors (Lipinski definition) is 2. The molecule has 0 saturated carbocycles. The summed E-state index contributed by atoms with van der Waals surface area (Å²) in [5, 5.41) is 5.02. The minimum Gasteiger partial charge on any atom is -0.385 e. The van der Waals surface area contributed by atoms with E-state index in [1.54, 1.807) is 20.2 Å². The zero-order valence-corrected chi connectivity index (χ0v) is 14.5. The fourth-order valence-electron chi connectivity index (χ4n) is 1.43. The Hall–Kier alpha value is -0.930. The molecule has 0 aliphatic carbocycles. The molecule has 2 N–H and O–H groups in total. The molecule has 110 valence electrons. The average molecular weight is 407 g/mol. The molecule has 0 saturated heterocycles. The van der Waals surface area contributed by atoms with Crippen molar-refractivity contribution in [3.8, 4) is 0 Å². The number of halogens is 1. The second-order valence-corrected chi connectivity index (χ2v) is 5.72. The summed E-state index contributed by atoms with van der Waals surface area (Å²) < 4.78 is 5.96. The van der Waals surface area contributed by atoms with Gasteiger partial charge in [-0.3, -0.25) is 15.2 Å². The number of carbonyl (C=O) groups is 1. The number of methoxy groups -OCH3 is 1. The van der Waals surface area contributed by atoms with Crippen LogP contribution in [0.1, 0.15) is 16.8 Å². The Morgan fingerprint density at radius 1 is 1.50 bits per heavy atom. The number of carbonyl (C=O) groups excluding carboxylic acids is 1. The van der Waals surface area contributed by atoms with Crippen molar-refractivity contribution in [2.75, 3.05) is 27.3 Å². The first-order valence-corrected chi connectivity index (χ1v) is 7.60. The molecule has 1 rings (SSSR count). The molecule has 20 heavy (non-hydrogen) atoms. The molecule has 0 aliphatic rings. The molecular weight excluding hydrogens is 389 g/mol. The van der Waals surface area contributed by atoms with E-state index in [0.717, 1.165) is 9.99 Å². The van der Waals surface area contributed by atoms with Crippen molar-refractivity contribution < 1.29 is 9.53 Å². The predicted octanol–water partition coefficient (Wildman–Crippen LogP) is 1.78. The lowest BCUT2D eigenvalue weighted by atomic mass is 10.2. The predicted molar refractivity (Wildman–Crippen MR) is 91.5 cm³/mol. The molecule has 0 radical (unpaired) electrons. The molecule has 0 spiro atoms. The number of nitrogens with zero attached hydrogens (tertiary/aromatic N) is 1. The molecule has 0 fully saturated rings. The zero-order chi connectivity index (χ0) is 15.0. The third kappa shape index (κ3) is 6.02.